The van der Waals surface area contributed by atoms with E-state index in [-0.39, 0.29) is 5.91 Å². The van der Waals surface area contributed by atoms with Crippen molar-refractivity contribution in [1.29, 1.82) is 0 Å². The Morgan fingerprint density at radius 1 is 1.67 bits per heavy atom. The second-order valence-electron chi connectivity index (χ2n) is 3.87. The molecule has 3 nitrogen and oxygen atoms in total. The topological polar surface area (TPSA) is 46.3 Å². The molecule has 1 rings (SSSR count). The predicted octanol–water partition coefficient (Wildman–Crippen LogP) is 1.34. The van der Waals surface area contributed by atoms with Crippen molar-refractivity contribution >= 4 is 17.2 Å². The van der Waals surface area contributed by atoms with E-state index in [1.807, 2.05) is 24.6 Å². The number of thiophene rings is 1. The Morgan fingerprint density at radius 3 is 2.93 bits per heavy atom. The maximum absolute atomic E-state index is 11.8. The van der Waals surface area contributed by atoms with Crippen LogP contribution in [0.25, 0.3) is 0 Å². The summed E-state index contributed by atoms with van der Waals surface area (Å²) >= 11 is 1.62. The first kappa shape index (κ1) is 12.2. The highest BCUT2D eigenvalue weighted by Gasteiger charge is 2.12. The molecule has 0 aliphatic rings. The molecule has 0 bridgehead atoms. The molecule has 0 aliphatic carbocycles. The van der Waals surface area contributed by atoms with Crippen molar-refractivity contribution in [3.05, 3.63) is 22.4 Å². The molecule has 15 heavy (non-hydrogen) atoms. The van der Waals surface area contributed by atoms with E-state index < -0.39 is 0 Å². The van der Waals surface area contributed by atoms with Crippen molar-refractivity contribution < 1.29 is 4.79 Å². The lowest BCUT2D eigenvalue weighted by Crippen LogP contribution is -2.34. The van der Waals surface area contributed by atoms with Gasteiger partial charge in [-0.3, -0.25) is 4.79 Å². The van der Waals surface area contributed by atoms with Gasteiger partial charge in [-0.15, -0.1) is 11.3 Å². The van der Waals surface area contributed by atoms with Crippen LogP contribution in [-0.4, -0.2) is 30.9 Å². The van der Waals surface area contributed by atoms with Crippen LogP contribution in [0, 0.1) is 5.92 Å². The Hall–Kier alpha value is -0.870. The molecule has 0 fully saturated rings. The molecular weight excluding hydrogens is 208 g/mol. The molecule has 0 spiro atoms. The smallest absolute Gasteiger partial charge is 0.227 e. The van der Waals surface area contributed by atoms with Gasteiger partial charge in [-0.25, -0.2) is 0 Å². The maximum Gasteiger partial charge on any atom is 0.227 e. The van der Waals surface area contributed by atoms with Gasteiger partial charge in [0.05, 0.1) is 6.42 Å². The lowest BCUT2D eigenvalue weighted by Gasteiger charge is -2.20. The van der Waals surface area contributed by atoms with Gasteiger partial charge in [0, 0.05) is 18.5 Å². The van der Waals surface area contributed by atoms with Gasteiger partial charge in [-0.05, 0) is 23.9 Å². The van der Waals surface area contributed by atoms with Crippen LogP contribution in [-0.2, 0) is 11.2 Å². The number of carbonyl (C=O) groups is 1. The summed E-state index contributed by atoms with van der Waals surface area (Å²) in [7, 11) is 1.84. The van der Waals surface area contributed by atoms with Crippen LogP contribution in [0.3, 0.4) is 0 Å². The molecular formula is C11H18N2OS. The van der Waals surface area contributed by atoms with Crippen LogP contribution in [0.1, 0.15) is 11.8 Å². The van der Waals surface area contributed by atoms with E-state index in [9.17, 15) is 4.79 Å². The molecule has 0 aliphatic heterocycles. The summed E-state index contributed by atoms with van der Waals surface area (Å²) in [5, 5.41) is 1.99. The maximum atomic E-state index is 11.8. The summed E-state index contributed by atoms with van der Waals surface area (Å²) in [4.78, 5) is 14.6. The molecule has 0 saturated heterocycles. The highest BCUT2D eigenvalue weighted by atomic mass is 32.1. The minimum absolute atomic E-state index is 0.165. The van der Waals surface area contributed by atoms with Crippen molar-refractivity contribution in [1.82, 2.24) is 4.90 Å². The Morgan fingerprint density at radius 2 is 2.40 bits per heavy atom. The Labute approximate surface area is 94.9 Å². The second kappa shape index (κ2) is 5.88. The molecule has 4 heteroatoms. The monoisotopic (exact) mass is 226 g/mol. The zero-order valence-corrected chi connectivity index (χ0v) is 10.1. The number of amides is 1. The fourth-order valence-electron chi connectivity index (χ4n) is 1.34. The van der Waals surface area contributed by atoms with E-state index in [0.717, 1.165) is 11.4 Å². The third-order valence-corrected chi connectivity index (χ3v) is 3.20. The quantitative estimate of drug-likeness (QED) is 0.823. The first-order valence-corrected chi connectivity index (χ1v) is 5.98. The molecule has 0 aromatic carbocycles. The molecule has 1 aromatic heterocycles. The first-order valence-electron chi connectivity index (χ1n) is 5.10. The molecule has 1 heterocycles. The third-order valence-electron chi connectivity index (χ3n) is 2.32. The van der Waals surface area contributed by atoms with Crippen molar-refractivity contribution in [2.75, 3.05) is 20.1 Å². The summed E-state index contributed by atoms with van der Waals surface area (Å²) in [6.45, 7) is 3.41. The summed E-state index contributed by atoms with van der Waals surface area (Å²) in [5.41, 5.74) is 5.52. The molecule has 2 N–H and O–H groups in total. The summed E-state index contributed by atoms with van der Waals surface area (Å²) in [6.07, 6.45) is 0.505. The van der Waals surface area contributed by atoms with Crippen LogP contribution in [0.2, 0.25) is 0 Å². The Balaban J connectivity index is 2.40. The second-order valence-corrected chi connectivity index (χ2v) is 4.90. The molecule has 0 saturated carbocycles. The van der Waals surface area contributed by atoms with Crippen LogP contribution in [0.5, 0.6) is 0 Å². The van der Waals surface area contributed by atoms with E-state index in [1.54, 1.807) is 16.2 Å². The lowest BCUT2D eigenvalue weighted by molar-refractivity contribution is -0.129. The van der Waals surface area contributed by atoms with Gasteiger partial charge in [-0.1, -0.05) is 13.0 Å². The van der Waals surface area contributed by atoms with E-state index in [1.165, 1.54) is 0 Å². The van der Waals surface area contributed by atoms with E-state index >= 15 is 0 Å². The first-order chi connectivity index (χ1) is 7.13. The Kier molecular flexibility index (Phi) is 4.78. The number of likely N-dealkylation sites (N-methyl/N-ethyl adjacent to an activating group) is 1. The standard InChI is InChI=1S/C11H18N2OS/c1-9(7-12)8-13(2)11(14)6-10-4-3-5-15-10/h3-5,9H,6-8,12H2,1-2H3. The van der Waals surface area contributed by atoms with Gasteiger partial charge in [0.1, 0.15) is 0 Å². The average molecular weight is 226 g/mol. The molecule has 1 amide bonds. The SMILES string of the molecule is CC(CN)CN(C)C(=O)Cc1cccs1. The Bertz CT molecular complexity index is 298. The molecule has 1 atom stereocenters. The average Bonchev–Trinajstić information content (AvgIpc) is 2.70. The van der Waals surface area contributed by atoms with Gasteiger partial charge in [0.25, 0.3) is 0 Å². The van der Waals surface area contributed by atoms with Gasteiger partial charge in [-0.2, -0.15) is 0 Å². The van der Waals surface area contributed by atoms with Gasteiger partial charge in [0.2, 0.25) is 5.91 Å². The van der Waals surface area contributed by atoms with Crippen LogP contribution >= 0.6 is 11.3 Å². The van der Waals surface area contributed by atoms with Crippen LogP contribution < -0.4 is 5.73 Å². The number of nitrogens with zero attached hydrogens (tertiary/aromatic N) is 1. The minimum atomic E-state index is 0.165. The number of rotatable bonds is 5. The van der Waals surface area contributed by atoms with Crippen LogP contribution in [0.15, 0.2) is 17.5 Å². The minimum Gasteiger partial charge on any atom is -0.345 e. The van der Waals surface area contributed by atoms with Crippen LogP contribution in [0.4, 0.5) is 0 Å². The highest BCUT2D eigenvalue weighted by Crippen LogP contribution is 2.10. The van der Waals surface area contributed by atoms with Gasteiger partial charge in [0.15, 0.2) is 0 Å². The van der Waals surface area contributed by atoms with E-state index in [0.29, 0.717) is 18.9 Å². The van der Waals surface area contributed by atoms with Crippen molar-refractivity contribution in [3.8, 4) is 0 Å². The molecule has 1 unspecified atom stereocenters. The highest BCUT2D eigenvalue weighted by molar-refractivity contribution is 7.10. The van der Waals surface area contributed by atoms with Crippen molar-refractivity contribution in [2.24, 2.45) is 11.7 Å². The largest absolute Gasteiger partial charge is 0.345 e. The summed E-state index contributed by atoms with van der Waals surface area (Å²) in [6, 6.07) is 3.96. The number of hydrogen-bond donors (Lipinski definition) is 1. The molecule has 1 aromatic rings. The predicted molar refractivity (Wildman–Crippen MR) is 63.9 cm³/mol. The van der Waals surface area contributed by atoms with Crippen molar-refractivity contribution in [3.63, 3.8) is 0 Å². The normalized spacial score (nSPS) is 12.5. The summed E-state index contributed by atoms with van der Waals surface area (Å²) in [5.74, 6) is 0.528. The van der Waals surface area contributed by atoms with Gasteiger partial charge < -0.3 is 10.6 Å². The zero-order chi connectivity index (χ0) is 11.3. The zero-order valence-electron chi connectivity index (χ0n) is 9.27. The number of hydrogen-bond acceptors (Lipinski definition) is 3. The fourth-order valence-corrected chi connectivity index (χ4v) is 2.04. The molecule has 0 radical (unpaired) electrons. The van der Waals surface area contributed by atoms with Gasteiger partial charge >= 0.3 is 0 Å². The van der Waals surface area contributed by atoms with E-state index in [4.69, 9.17) is 5.73 Å². The van der Waals surface area contributed by atoms with Crippen molar-refractivity contribution in [2.45, 2.75) is 13.3 Å². The molecule has 84 valence electrons. The van der Waals surface area contributed by atoms with E-state index in [2.05, 4.69) is 6.92 Å². The number of carbonyl (C=O) groups excluding carboxylic acids is 1. The lowest BCUT2D eigenvalue weighted by atomic mass is 10.1. The fraction of sp³-hybridized carbons (Fsp3) is 0.545. The summed E-state index contributed by atoms with van der Waals surface area (Å²) < 4.78 is 0. The number of nitrogens with two attached hydrogens (primary N) is 1. The third kappa shape index (κ3) is 4.01.